The molecule has 0 bridgehead atoms. The van der Waals surface area contributed by atoms with Crippen LogP contribution >= 0.6 is 0 Å². The fourth-order valence-electron chi connectivity index (χ4n) is 2.06. The molecule has 0 atom stereocenters. The lowest BCUT2D eigenvalue weighted by Gasteiger charge is -2.04. The van der Waals surface area contributed by atoms with E-state index in [1.165, 1.54) is 11.8 Å². The molecular formula is C16H17N3O4. The van der Waals surface area contributed by atoms with Gasteiger partial charge in [0, 0.05) is 6.04 Å². The number of methoxy groups -OCH3 is 1. The zero-order chi connectivity index (χ0) is 16.2. The van der Waals surface area contributed by atoms with Crippen molar-refractivity contribution in [2.75, 3.05) is 13.7 Å². The number of hydrogen-bond acceptors (Lipinski definition) is 5. The van der Waals surface area contributed by atoms with Crippen LogP contribution in [0.2, 0.25) is 0 Å². The Bertz CT molecular complexity index is 707. The third-order valence-corrected chi connectivity index (χ3v) is 3.39. The zero-order valence-corrected chi connectivity index (χ0v) is 12.7. The lowest BCUT2D eigenvalue weighted by atomic mass is 10.3. The molecule has 1 saturated carbocycles. The molecule has 120 valence electrons. The molecule has 1 aromatic heterocycles. The van der Waals surface area contributed by atoms with E-state index in [1.807, 2.05) is 30.3 Å². The second kappa shape index (κ2) is 6.51. The van der Waals surface area contributed by atoms with Crippen LogP contribution in [0.4, 0.5) is 0 Å². The maximum atomic E-state index is 12.1. The van der Waals surface area contributed by atoms with E-state index in [9.17, 15) is 9.59 Å². The number of para-hydroxylation sites is 1. The van der Waals surface area contributed by atoms with Crippen molar-refractivity contribution in [1.82, 2.24) is 15.1 Å². The van der Waals surface area contributed by atoms with Crippen molar-refractivity contribution >= 4 is 11.9 Å². The minimum atomic E-state index is -0.692. The number of rotatable bonds is 6. The molecule has 0 radical (unpaired) electrons. The Morgan fingerprint density at radius 3 is 2.70 bits per heavy atom. The summed E-state index contributed by atoms with van der Waals surface area (Å²) in [7, 11) is 1.45. The molecule has 1 fully saturated rings. The van der Waals surface area contributed by atoms with Crippen LogP contribution in [0.1, 0.15) is 23.3 Å². The normalized spacial score (nSPS) is 13.4. The van der Waals surface area contributed by atoms with Crippen LogP contribution in [0.3, 0.4) is 0 Å². The van der Waals surface area contributed by atoms with E-state index in [-0.39, 0.29) is 24.2 Å². The maximum absolute atomic E-state index is 12.1. The topological polar surface area (TPSA) is 82.5 Å². The first-order chi connectivity index (χ1) is 11.2. The van der Waals surface area contributed by atoms with Gasteiger partial charge in [0.1, 0.15) is 0 Å². The molecule has 1 N–H and O–H groups in total. The highest BCUT2D eigenvalue weighted by Gasteiger charge is 2.25. The largest absolute Gasteiger partial charge is 0.493 e. The van der Waals surface area contributed by atoms with Gasteiger partial charge in [0.05, 0.1) is 19.0 Å². The summed E-state index contributed by atoms with van der Waals surface area (Å²) in [6.45, 7) is -0.323. The first-order valence-corrected chi connectivity index (χ1v) is 7.33. The van der Waals surface area contributed by atoms with Crippen LogP contribution in [-0.2, 0) is 9.53 Å². The van der Waals surface area contributed by atoms with Crippen LogP contribution in [0.5, 0.6) is 5.75 Å². The lowest BCUT2D eigenvalue weighted by Crippen LogP contribution is -2.30. The molecule has 0 aliphatic heterocycles. The van der Waals surface area contributed by atoms with Gasteiger partial charge >= 0.3 is 5.97 Å². The van der Waals surface area contributed by atoms with Crippen LogP contribution in [0.25, 0.3) is 5.69 Å². The van der Waals surface area contributed by atoms with Gasteiger partial charge in [-0.1, -0.05) is 18.2 Å². The van der Waals surface area contributed by atoms with Crippen LogP contribution in [0, 0.1) is 0 Å². The highest BCUT2D eigenvalue weighted by Crippen LogP contribution is 2.20. The van der Waals surface area contributed by atoms with Gasteiger partial charge in [-0.2, -0.15) is 5.10 Å². The number of benzene rings is 1. The molecule has 7 heteroatoms. The molecule has 1 aliphatic rings. The number of nitrogens with one attached hydrogen (secondary N) is 1. The molecular weight excluding hydrogens is 298 g/mol. The van der Waals surface area contributed by atoms with Gasteiger partial charge in [0.15, 0.2) is 12.4 Å². The van der Waals surface area contributed by atoms with Gasteiger partial charge in [0.25, 0.3) is 5.91 Å². The Hall–Kier alpha value is -2.83. The van der Waals surface area contributed by atoms with E-state index < -0.39 is 5.97 Å². The van der Waals surface area contributed by atoms with Crippen molar-refractivity contribution in [2.24, 2.45) is 0 Å². The Morgan fingerprint density at radius 2 is 2.04 bits per heavy atom. The fraction of sp³-hybridized carbons (Fsp3) is 0.312. The third-order valence-electron chi connectivity index (χ3n) is 3.39. The van der Waals surface area contributed by atoms with E-state index in [0.29, 0.717) is 5.75 Å². The predicted octanol–water partition coefficient (Wildman–Crippen LogP) is 1.32. The number of esters is 1. The van der Waals surface area contributed by atoms with Crippen molar-refractivity contribution in [3.8, 4) is 11.4 Å². The molecule has 0 spiro atoms. The fourth-order valence-corrected chi connectivity index (χ4v) is 2.06. The molecule has 23 heavy (non-hydrogen) atoms. The van der Waals surface area contributed by atoms with Gasteiger partial charge < -0.3 is 14.8 Å². The smallest absolute Gasteiger partial charge is 0.363 e. The first-order valence-electron chi connectivity index (χ1n) is 7.33. The molecule has 7 nitrogen and oxygen atoms in total. The van der Waals surface area contributed by atoms with Crippen LogP contribution in [-0.4, -0.2) is 41.4 Å². The summed E-state index contributed by atoms with van der Waals surface area (Å²) in [4.78, 5) is 23.7. The first kappa shape index (κ1) is 15.1. The Labute approximate surface area is 133 Å². The summed E-state index contributed by atoms with van der Waals surface area (Å²) in [5.41, 5.74) is 0.826. The number of hydrogen-bond donors (Lipinski definition) is 1. The Morgan fingerprint density at radius 1 is 1.30 bits per heavy atom. The van der Waals surface area contributed by atoms with Crippen molar-refractivity contribution in [1.29, 1.82) is 0 Å². The Kier molecular flexibility index (Phi) is 4.27. The zero-order valence-electron chi connectivity index (χ0n) is 12.7. The summed E-state index contributed by atoms with van der Waals surface area (Å²) in [5, 5.41) is 6.94. The standard InChI is InChI=1S/C16H17N3O4/c1-22-13-9-19(12-5-3-2-4-6-12)18-15(13)16(21)23-10-14(20)17-11-7-8-11/h2-6,9,11H,7-8,10H2,1H3,(H,17,20). The van der Waals surface area contributed by atoms with E-state index in [1.54, 1.807) is 6.20 Å². The molecule has 0 unspecified atom stereocenters. The minimum Gasteiger partial charge on any atom is -0.493 e. The molecule has 2 aromatic rings. The number of carbonyl (C=O) groups excluding carboxylic acids is 2. The number of nitrogens with zero attached hydrogens (tertiary/aromatic N) is 2. The molecule has 1 aliphatic carbocycles. The summed E-state index contributed by atoms with van der Waals surface area (Å²) in [5.74, 6) is -0.703. The minimum absolute atomic E-state index is 0.0376. The second-order valence-electron chi connectivity index (χ2n) is 5.24. The monoisotopic (exact) mass is 315 g/mol. The number of aromatic nitrogens is 2. The van der Waals surface area contributed by atoms with Gasteiger partial charge in [-0.15, -0.1) is 0 Å². The Balaban J connectivity index is 1.69. The highest BCUT2D eigenvalue weighted by atomic mass is 16.5. The lowest BCUT2D eigenvalue weighted by molar-refractivity contribution is -0.124. The molecule has 1 aromatic carbocycles. The molecule has 1 heterocycles. The summed E-state index contributed by atoms with van der Waals surface area (Å²) >= 11 is 0. The van der Waals surface area contributed by atoms with Crippen LogP contribution in [0.15, 0.2) is 36.5 Å². The number of carbonyl (C=O) groups is 2. The van der Waals surface area contributed by atoms with Gasteiger partial charge in [-0.25, -0.2) is 9.48 Å². The predicted molar refractivity (Wildman–Crippen MR) is 81.6 cm³/mol. The maximum Gasteiger partial charge on any atom is 0.363 e. The number of amides is 1. The number of ether oxygens (including phenoxy) is 2. The second-order valence-corrected chi connectivity index (χ2v) is 5.24. The van der Waals surface area contributed by atoms with E-state index in [2.05, 4.69) is 10.4 Å². The molecule has 0 saturated heterocycles. The van der Waals surface area contributed by atoms with Crippen molar-refractivity contribution in [2.45, 2.75) is 18.9 Å². The SMILES string of the molecule is COc1cn(-c2ccccc2)nc1C(=O)OCC(=O)NC1CC1. The van der Waals surface area contributed by atoms with E-state index in [0.717, 1.165) is 18.5 Å². The van der Waals surface area contributed by atoms with Gasteiger partial charge in [0.2, 0.25) is 5.69 Å². The van der Waals surface area contributed by atoms with Crippen molar-refractivity contribution < 1.29 is 19.1 Å². The van der Waals surface area contributed by atoms with E-state index >= 15 is 0 Å². The third kappa shape index (κ3) is 3.68. The summed E-state index contributed by atoms with van der Waals surface area (Å²) < 4.78 is 11.7. The molecule has 1 amide bonds. The average molecular weight is 315 g/mol. The van der Waals surface area contributed by atoms with Crippen molar-refractivity contribution in [3.05, 3.63) is 42.2 Å². The average Bonchev–Trinajstić information content (AvgIpc) is 3.27. The van der Waals surface area contributed by atoms with Crippen molar-refractivity contribution in [3.63, 3.8) is 0 Å². The summed E-state index contributed by atoms with van der Waals surface area (Å²) in [6.07, 6.45) is 3.56. The quantitative estimate of drug-likeness (QED) is 0.813. The van der Waals surface area contributed by atoms with Crippen LogP contribution < -0.4 is 10.1 Å². The van der Waals surface area contributed by atoms with Gasteiger partial charge in [-0.3, -0.25) is 4.79 Å². The molecule has 3 rings (SSSR count). The van der Waals surface area contributed by atoms with Gasteiger partial charge in [-0.05, 0) is 25.0 Å². The van der Waals surface area contributed by atoms with E-state index in [4.69, 9.17) is 9.47 Å². The highest BCUT2D eigenvalue weighted by molar-refractivity contribution is 5.92. The summed E-state index contributed by atoms with van der Waals surface area (Å²) in [6, 6.07) is 9.55.